The Hall–Kier alpha value is -2.95. The molecule has 3 aliphatic rings. The molecule has 0 radical (unpaired) electrons. The summed E-state index contributed by atoms with van der Waals surface area (Å²) in [5, 5.41) is 0. The predicted octanol–water partition coefficient (Wildman–Crippen LogP) is 1.02. The van der Waals surface area contributed by atoms with Gasteiger partial charge in [-0.3, -0.25) is 14.5 Å². The van der Waals surface area contributed by atoms with Gasteiger partial charge in [-0.2, -0.15) is 4.31 Å². The summed E-state index contributed by atoms with van der Waals surface area (Å²) < 4.78 is 38.3. The molecular weight excluding hydrogens is 446 g/mol. The lowest BCUT2D eigenvalue weighted by molar-refractivity contribution is -0.132. The van der Waals surface area contributed by atoms with Gasteiger partial charge in [-0.15, -0.1) is 0 Å². The van der Waals surface area contributed by atoms with Gasteiger partial charge in [0.2, 0.25) is 15.9 Å². The lowest BCUT2D eigenvalue weighted by atomic mass is 10.00. The fraction of sp³-hybridized carbons (Fsp3) is 0.391. The number of morpholine rings is 1. The van der Waals surface area contributed by atoms with E-state index in [0.717, 1.165) is 12.0 Å². The Kier molecular flexibility index (Phi) is 5.81. The average Bonchev–Trinajstić information content (AvgIpc) is 2.85. The molecule has 1 fully saturated rings. The van der Waals surface area contributed by atoms with E-state index in [1.807, 2.05) is 18.2 Å². The highest BCUT2D eigenvalue weighted by Crippen LogP contribution is 2.35. The molecule has 2 amide bonds. The molecule has 174 valence electrons. The fourth-order valence-corrected chi connectivity index (χ4v) is 5.82. The summed E-state index contributed by atoms with van der Waals surface area (Å²) in [7, 11) is -3.75. The van der Waals surface area contributed by atoms with Gasteiger partial charge >= 0.3 is 0 Å². The summed E-state index contributed by atoms with van der Waals surface area (Å²) in [4.78, 5) is 28.9. The average molecular weight is 472 g/mol. The molecule has 3 heterocycles. The largest absolute Gasteiger partial charge is 0.482 e. The molecule has 0 N–H and O–H groups in total. The zero-order valence-corrected chi connectivity index (χ0v) is 18.9. The predicted molar refractivity (Wildman–Crippen MR) is 119 cm³/mol. The lowest BCUT2D eigenvalue weighted by Gasteiger charge is -2.34. The van der Waals surface area contributed by atoms with Crippen molar-refractivity contribution in [3.63, 3.8) is 0 Å². The van der Waals surface area contributed by atoms with Gasteiger partial charge in [0.1, 0.15) is 12.3 Å². The Bertz CT molecular complexity index is 1190. The molecule has 3 aliphatic heterocycles. The van der Waals surface area contributed by atoms with Crippen LogP contribution in [0.5, 0.6) is 5.75 Å². The number of nitrogens with zero attached hydrogens (tertiary/aromatic N) is 3. The van der Waals surface area contributed by atoms with Crippen molar-refractivity contribution >= 4 is 27.5 Å². The molecule has 0 aromatic heterocycles. The molecule has 0 atom stereocenters. The van der Waals surface area contributed by atoms with Crippen LogP contribution in [0.3, 0.4) is 0 Å². The number of carbonyl (C=O) groups is 2. The molecule has 9 nitrogen and oxygen atoms in total. The second kappa shape index (κ2) is 8.77. The second-order valence-corrected chi connectivity index (χ2v) is 10.2. The summed E-state index contributed by atoms with van der Waals surface area (Å²) in [5.74, 6) is -0.186. The van der Waals surface area contributed by atoms with Crippen LogP contribution in [0.15, 0.2) is 47.4 Å². The van der Waals surface area contributed by atoms with Gasteiger partial charge in [-0.1, -0.05) is 24.3 Å². The summed E-state index contributed by atoms with van der Waals surface area (Å²) >= 11 is 0. The monoisotopic (exact) mass is 471 g/mol. The Morgan fingerprint density at radius 2 is 1.76 bits per heavy atom. The number of anilines is 1. The number of amides is 2. The van der Waals surface area contributed by atoms with Crippen LogP contribution < -0.4 is 9.64 Å². The number of rotatable bonds is 4. The third-order valence-electron chi connectivity index (χ3n) is 6.26. The second-order valence-electron chi connectivity index (χ2n) is 8.25. The third-order valence-corrected chi connectivity index (χ3v) is 8.15. The maximum absolute atomic E-state index is 13.1. The van der Waals surface area contributed by atoms with Gasteiger partial charge in [-0.25, -0.2) is 8.42 Å². The van der Waals surface area contributed by atoms with E-state index < -0.39 is 10.0 Å². The molecule has 33 heavy (non-hydrogen) atoms. The van der Waals surface area contributed by atoms with E-state index in [-0.39, 0.29) is 43.0 Å². The van der Waals surface area contributed by atoms with E-state index in [9.17, 15) is 18.0 Å². The van der Waals surface area contributed by atoms with E-state index in [1.54, 1.807) is 11.0 Å². The molecule has 10 heteroatoms. The number of benzene rings is 2. The number of hydrogen-bond donors (Lipinski definition) is 0. The summed E-state index contributed by atoms with van der Waals surface area (Å²) in [6.45, 7) is 1.92. The van der Waals surface area contributed by atoms with Crippen molar-refractivity contribution in [1.29, 1.82) is 0 Å². The minimum atomic E-state index is -3.75. The van der Waals surface area contributed by atoms with Gasteiger partial charge in [0, 0.05) is 26.2 Å². The molecule has 0 unspecified atom stereocenters. The zero-order valence-electron chi connectivity index (χ0n) is 18.1. The summed E-state index contributed by atoms with van der Waals surface area (Å²) in [5.41, 5.74) is 2.63. The number of hydrogen-bond acceptors (Lipinski definition) is 6. The van der Waals surface area contributed by atoms with Crippen molar-refractivity contribution in [2.75, 3.05) is 50.9 Å². The maximum Gasteiger partial charge on any atom is 0.265 e. The lowest BCUT2D eigenvalue weighted by Crippen LogP contribution is -2.47. The Labute approximate surface area is 192 Å². The standard InChI is InChI=1S/C23H25N3O6S/c27-22(24-8-7-17-3-1-2-4-18(17)14-24)15-26-20-13-19(5-6-21(20)32-16-23(26)28)33(29,30)25-9-11-31-12-10-25/h1-6,13H,7-12,14-16H2. The van der Waals surface area contributed by atoms with Crippen LogP contribution in [-0.2, 0) is 37.3 Å². The number of ether oxygens (including phenoxy) is 2. The zero-order chi connectivity index (χ0) is 23.0. The molecule has 5 rings (SSSR count). The van der Waals surface area contributed by atoms with E-state index in [1.165, 1.54) is 26.9 Å². The third kappa shape index (κ3) is 4.21. The van der Waals surface area contributed by atoms with E-state index >= 15 is 0 Å². The number of sulfonamides is 1. The number of fused-ring (bicyclic) bond motifs is 2. The normalized spacial score (nSPS) is 19.0. The Balaban J connectivity index is 1.39. The Morgan fingerprint density at radius 3 is 2.55 bits per heavy atom. The van der Waals surface area contributed by atoms with E-state index in [0.29, 0.717) is 37.7 Å². The van der Waals surface area contributed by atoms with Crippen molar-refractivity contribution in [2.24, 2.45) is 0 Å². The topological polar surface area (TPSA) is 96.5 Å². The fourth-order valence-electron chi connectivity index (χ4n) is 4.40. The molecule has 2 aromatic carbocycles. The Morgan fingerprint density at radius 1 is 1.00 bits per heavy atom. The smallest absolute Gasteiger partial charge is 0.265 e. The van der Waals surface area contributed by atoms with Gasteiger partial charge in [0.25, 0.3) is 5.91 Å². The quantitative estimate of drug-likeness (QED) is 0.661. The van der Waals surface area contributed by atoms with E-state index in [4.69, 9.17) is 9.47 Å². The highest BCUT2D eigenvalue weighted by atomic mass is 32.2. The molecule has 0 saturated carbocycles. The minimum absolute atomic E-state index is 0.0609. The molecule has 0 bridgehead atoms. The van der Waals surface area contributed by atoms with Crippen LogP contribution in [0, 0.1) is 0 Å². The van der Waals surface area contributed by atoms with Crippen LogP contribution in [-0.4, -0.2) is 75.4 Å². The first-order valence-corrected chi connectivity index (χ1v) is 12.4. The first-order valence-electron chi connectivity index (χ1n) is 10.9. The molecule has 0 aliphatic carbocycles. The van der Waals surface area contributed by atoms with Crippen molar-refractivity contribution < 1.29 is 27.5 Å². The van der Waals surface area contributed by atoms with Gasteiger partial charge in [0.05, 0.1) is 23.8 Å². The van der Waals surface area contributed by atoms with Crippen molar-refractivity contribution in [3.05, 3.63) is 53.6 Å². The molecule has 2 aromatic rings. The van der Waals surface area contributed by atoms with Crippen molar-refractivity contribution in [1.82, 2.24) is 9.21 Å². The SMILES string of the molecule is O=C(CN1C(=O)COc2ccc(S(=O)(=O)N3CCOCC3)cc21)N1CCc2ccccc2C1. The molecule has 1 saturated heterocycles. The molecular formula is C23H25N3O6S. The highest BCUT2D eigenvalue weighted by Gasteiger charge is 2.33. The van der Waals surface area contributed by atoms with Crippen molar-refractivity contribution in [3.8, 4) is 5.75 Å². The van der Waals surface area contributed by atoms with E-state index in [2.05, 4.69) is 6.07 Å². The maximum atomic E-state index is 13.1. The van der Waals surface area contributed by atoms with Gasteiger partial charge in [0.15, 0.2) is 6.61 Å². The highest BCUT2D eigenvalue weighted by molar-refractivity contribution is 7.89. The van der Waals surface area contributed by atoms with Crippen molar-refractivity contribution in [2.45, 2.75) is 17.9 Å². The van der Waals surface area contributed by atoms with Crippen LogP contribution in [0.2, 0.25) is 0 Å². The summed E-state index contributed by atoms with van der Waals surface area (Å²) in [6.07, 6.45) is 0.761. The summed E-state index contributed by atoms with van der Waals surface area (Å²) in [6, 6.07) is 12.5. The van der Waals surface area contributed by atoms with Crippen LogP contribution in [0.4, 0.5) is 5.69 Å². The van der Waals surface area contributed by atoms with Gasteiger partial charge in [-0.05, 0) is 35.7 Å². The first kappa shape index (κ1) is 21.9. The minimum Gasteiger partial charge on any atom is -0.482 e. The van der Waals surface area contributed by atoms with Crippen LogP contribution >= 0.6 is 0 Å². The first-order chi connectivity index (χ1) is 15.9. The van der Waals surface area contributed by atoms with Crippen LogP contribution in [0.25, 0.3) is 0 Å². The van der Waals surface area contributed by atoms with Crippen LogP contribution in [0.1, 0.15) is 11.1 Å². The molecule has 0 spiro atoms. The van der Waals surface area contributed by atoms with Gasteiger partial charge < -0.3 is 14.4 Å². The number of carbonyl (C=O) groups excluding carboxylic acids is 2.